The number of ether oxygens (including phenoxy) is 1. The number of nitrogens with zero attached hydrogens (tertiary/aromatic N) is 1. The molecule has 7 heteroatoms. The number of primary sulfonamides is 1. The van der Waals surface area contributed by atoms with Crippen LogP contribution in [-0.4, -0.2) is 39.9 Å². The van der Waals surface area contributed by atoms with Crippen molar-refractivity contribution in [2.45, 2.75) is 31.1 Å². The summed E-state index contributed by atoms with van der Waals surface area (Å²) in [5.74, 6) is 0.382. The lowest BCUT2D eigenvalue weighted by molar-refractivity contribution is -0.129. The lowest BCUT2D eigenvalue weighted by Crippen LogP contribution is -2.29. The summed E-state index contributed by atoms with van der Waals surface area (Å²) in [4.78, 5) is 13.7. The Kier molecular flexibility index (Phi) is 6.17. The third-order valence-corrected chi connectivity index (χ3v) is 4.11. The van der Waals surface area contributed by atoms with E-state index in [1.165, 1.54) is 25.3 Å². The van der Waals surface area contributed by atoms with Crippen molar-refractivity contribution in [2.75, 3.05) is 20.7 Å². The van der Waals surface area contributed by atoms with E-state index in [2.05, 4.69) is 6.92 Å². The Hall–Kier alpha value is -1.60. The minimum Gasteiger partial charge on any atom is -0.496 e. The smallest absolute Gasteiger partial charge is 0.238 e. The van der Waals surface area contributed by atoms with Gasteiger partial charge < -0.3 is 9.64 Å². The first-order valence-corrected chi connectivity index (χ1v) is 8.28. The van der Waals surface area contributed by atoms with E-state index < -0.39 is 10.0 Å². The topological polar surface area (TPSA) is 89.7 Å². The fraction of sp³-hybridized carbons (Fsp3) is 0.500. The van der Waals surface area contributed by atoms with Crippen LogP contribution in [0, 0.1) is 0 Å². The van der Waals surface area contributed by atoms with Gasteiger partial charge in [0.25, 0.3) is 0 Å². The number of unbranched alkanes of at least 4 members (excludes halogenated alkanes) is 1. The monoisotopic (exact) mass is 314 g/mol. The second-order valence-electron chi connectivity index (χ2n) is 4.86. The average molecular weight is 314 g/mol. The maximum Gasteiger partial charge on any atom is 0.238 e. The summed E-state index contributed by atoms with van der Waals surface area (Å²) in [5.41, 5.74) is 0.511. The molecule has 0 aromatic heterocycles. The summed E-state index contributed by atoms with van der Waals surface area (Å²) in [6, 6.07) is 4.26. The van der Waals surface area contributed by atoms with Crippen LogP contribution in [0.15, 0.2) is 23.1 Å². The molecule has 0 atom stereocenters. The standard InChI is InChI=1S/C14H22N2O4S/c1-4-5-8-16(2)14(17)10-11-9-12(21(15,18)19)6-7-13(11)20-3/h6-7,9H,4-5,8,10H2,1-3H3,(H2,15,18,19). The van der Waals surface area contributed by atoms with Crippen molar-refractivity contribution in [1.29, 1.82) is 0 Å². The molecule has 1 amide bonds. The molecule has 0 heterocycles. The van der Waals surface area contributed by atoms with E-state index in [4.69, 9.17) is 9.88 Å². The molecular formula is C14H22N2O4S. The van der Waals surface area contributed by atoms with E-state index in [0.29, 0.717) is 17.9 Å². The van der Waals surface area contributed by atoms with Crippen molar-refractivity contribution in [3.63, 3.8) is 0 Å². The van der Waals surface area contributed by atoms with Crippen molar-refractivity contribution in [2.24, 2.45) is 5.14 Å². The van der Waals surface area contributed by atoms with Gasteiger partial charge in [0, 0.05) is 19.2 Å². The Labute approximate surface area is 125 Å². The number of methoxy groups -OCH3 is 1. The van der Waals surface area contributed by atoms with E-state index in [1.807, 2.05) is 0 Å². The highest BCUT2D eigenvalue weighted by molar-refractivity contribution is 7.89. The Morgan fingerprint density at radius 2 is 2.05 bits per heavy atom. The van der Waals surface area contributed by atoms with E-state index in [0.717, 1.165) is 12.8 Å². The van der Waals surface area contributed by atoms with Gasteiger partial charge >= 0.3 is 0 Å². The first-order valence-electron chi connectivity index (χ1n) is 6.73. The van der Waals surface area contributed by atoms with Crippen LogP contribution in [0.1, 0.15) is 25.3 Å². The average Bonchev–Trinajstić information content (AvgIpc) is 2.43. The molecule has 21 heavy (non-hydrogen) atoms. The van der Waals surface area contributed by atoms with Crippen LogP contribution in [0.25, 0.3) is 0 Å². The van der Waals surface area contributed by atoms with Crippen molar-refractivity contribution in [3.05, 3.63) is 23.8 Å². The molecule has 0 spiro atoms. The SMILES string of the molecule is CCCCN(C)C(=O)Cc1cc(S(N)(=O)=O)ccc1OC. The van der Waals surface area contributed by atoms with Gasteiger partial charge in [0.15, 0.2) is 0 Å². The maximum atomic E-state index is 12.1. The van der Waals surface area contributed by atoms with Gasteiger partial charge in [-0.3, -0.25) is 4.79 Å². The van der Waals surface area contributed by atoms with E-state index in [9.17, 15) is 13.2 Å². The molecule has 0 aliphatic rings. The largest absolute Gasteiger partial charge is 0.496 e. The minimum atomic E-state index is -3.80. The molecule has 0 fully saturated rings. The second kappa shape index (κ2) is 7.42. The Morgan fingerprint density at radius 3 is 2.57 bits per heavy atom. The van der Waals surface area contributed by atoms with E-state index >= 15 is 0 Å². The van der Waals surface area contributed by atoms with Crippen LogP contribution in [0.4, 0.5) is 0 Å². The fourth-order valence-corrected chi connectivity index (χ4v) is 2.45. The van der Waals surface area contributed by atoms with Gasteiger partial charge in [-0.25, -0.2) is 13.6 Å². The molecule has 118 valence electrons. The molecule has 0 saturated heterocycles. The zero-order valence-electron chi connectivity index (χ0n) is 12.6. The number of carbonyl (C=O) groups is 1. The van der Waals surface area contributed by atoms with Crippen LogP contribution in [-0.2, 0) is 21.2 Å². The van der Waals surface area contributed by atoms with Crippen LogP contribution in [0.2, 0.25) is 0 Å². The molecule has 0 bridgehead atoms. The van der Waals surface area contributed by atoms with Gasteiger partial charge in [0.2, 0.25) is 15.9 Å². The van der Waals surface area contributed by atoms with Crippen molar-refractivity contribution in [3.8, 4) is 5.75 Å². The first kappa shape index (κ1) is 17.5. The number of carbonyl (C=O) groups excluding carboxylic acids is 1. The molecule has 1 aromatic rings. The molecular weight excluding hydrogens is 292 g/mol. The van der Waals surface area contributed by atoms with Crippen molar-refractivity contribution < 1.29 is 17.9 Å². The number of hydrogen-bond acceptors (Lipinski definition) is 4. The zero-order chi connectivity index (χ0) is 16.0. The molecule has 2 N–H and O–H groups in total. The predicted octanol–water partition coefficient (Wildman–Crippen LogP) is 1.14. The molecule has 0 aliphatic carbocycles. The van der Waals surface area contributed by atoms with Gasteiger partial charge in [-0.1, -0.05) is 13.3 Å². The van der Waals surface area contributed by atoms with Gasteiger partial charge in [-0.15, -0.1) is 0 Å². The lowest BCUT2D eigenvalue weighted by atomic mass is 10.1. The van der Waals surface area contributed by atoms with Gasteiger partial charge in [-0.2, -0.15) is 0 Å². The van der Waals surface area contributed by atoms with Gasteiger partial charge in [0.1, 0.15) is 5.75 Å². The molecule has 1 aromatic carbocycles. The van der Waals surface area contributed by atoms with Gasteiger partial charge in [-0.05, 0) is 24.6 Å². The Balaban J connectivity index is 2.98. The summed E-state index contributed by atoms with van der Waals surface area (Å²) in [6.45, 7) is 2.73. The summed E-state index contributed by atoms with van der Waals surface area (Å²) >= 11 is 0. The first-order chi connectivity index (χ1) is 9.79. The summed E-state index contributed by atoms with van der Waals surface area (Å²) in [7, 11) is -0.598. The molecule has 0 radical (unpaired) electrons. The minimum absolute atomic E-state index is 0.0256. The Morgan fingerprint density at radius 1 is 1.38 bits per heavy atom. The third kappa shape index (κ3) is 5.02. The predicted molar refractivity (Wildman–Crippen MR) is 80.6 cm³/mol. The fourth-order valence-electron chi connectivity index (χ4n) is 1.89. The highest BCUT2D eigenvalue weighted by Gasteiger charge is 2.16. The Bertz CT molecular complexity index is 599. The molecule has 0 saturated carbocycles. The summed E-state index contributed by atoms with van der Waals surface area (Å²) in [6.07, 6.45) is 2.01. The number of nitrogens with two attached hydrogens (primary N) is 1. The number of amides is 1. The quantitative estimate of drug-likeness (QED) is 0.817. The molecule has 1 rings (SSSR count). The molecule has 0 aliphatic heterocycles. The number of benzene rings is 1. The number of rotatable bonds is 7. The zero-order valence-corrected chi connectivity index (χ0v) is 13.4. The van der Waals surface area contributed by atoms with E-state index in [-0.39, 0.29) is 17.2 Å². The van der Waals surface area contributed by atoms with Crippen LogP contribution in [0.3, 0.4) is 0 Å². The number of hydrogen-bond donors (Lipinski definition) is 1. The molecule has 6 nitrogen and oxygen atoms in total. The highest BCUT2D eigenvalue weighted by Crippen LogP contribution is 2.23. The third-order valence-electron chi connectivity index (χ3n) is 3.19. The van der Waals surface area contributed by atoms with Crippen molar-refractivity contribution >= 4 is 15.9 Å². The van der Waals surface area contributed by atoms with Crippen molar-refractivity contribution in [1.82, 2.24) is 4.90 Å². The second-order valence-corrected chi connectivity index (χ2v) is 6.43. The highest BCUT2D eigenvalue weighted by atomic mass is 32.2. The van der Waals surface area contributed by atoms with E-state index in [1.54, 1.807) is 11.9 Å². The number of likely N-dealkylation sites (N-methyl/N-ethyl adjacent to an activating group) is 1. The normalized spacial score (nSPS) is 11.2. The van der Waals surface area contributed by atoms with Crippen LogP contribution >= 0.6 is 0 Å². The molecule has 0 unspecified atom stereocenters. The lowest BCUT2D eigenvalue weighted by Gasteiger charge is -2.18. The number of sulfonamides is 1. The van der Waals surface area contributed by atoms with Gasteiger partial charge in [0.05, 0.1) is 18.4 Å². The summed E-state index contributed by atoms with van der Waals surface area (Å²) < 4.78 is 27.9. The summed E-state index contributed by atoms with van der Waals surface area (Å²) in [5, 5.41) is 5.11. The maximum absolute atomic E-state index is 12.1. The van der Waals surface area contributed by atoms with Crippen LogP contribution < -0.4 is 9.88 Å². The van der Waals surface area contributed by atoms with Crippen LogP contribution in [0.5, 0.6) is 5.75 Å².